The molecule has 3 aromatic carbocycles. The van der Waals surface area contributed by atoms with Crippen molar-refractivity contribution in [3.63, 3.8) is 0 Å². The molecule has 0 aromatic heterocycles. The number of hydrogen-bond donors (Lipinski definition) is 1. The molecule has 0 spiro atoms. The van der Waals surface area contributed by atoms with Gasteiger partial charge in [-0.2, -0.15) is 0 Å². The van der Waals surface area contributed by atoms with Gasteiger partial charge in [0.05, 0.1) is 17.6 Å². The number of hydrogen-bond acceptors (Lipinski definition) is 3. The van der Waals surface area contributed by atoms with E-state index in [0.717, 1.165) is 16.8 Å². The third-order valence-electron chi connectivity index (χ3n) is 6.51. The molecule has 2 aliphatic heterocycles. The molecule has 0 aliphatic carbocycles. The third kappa shape index (κ3) is 3.93. The van der Waals surface area contributed by atoms with E-state index in [1.807, 2.05) is 23.1 Å². The number of nitrogens with zero attached hydrogens (tertiary/aromatic N) is 2. The average molecular weight is 434 g/mol. The van der Waals surface area contributed by atoms with Gasteiger partial charge in [0, 0.05) is 31.9 Å². The molecule has 1 N–H and O–H groups in total. The minimum absolute atomic E-state index is 0.0610. The number of piperazine rings is 1. The zero-order valence-electron chi connectivity index (χ0n) is 17.7. The molecule has 32 heavy (non-hydrogen) atoms. The zero-order valence-corrected chi connectivity index (χ0v) is 17.7. The highest BCUT2D eigenvalue weighted by molar-refractivity contribution is 5.82. The highest BCUT2D eigenvalue weighted by Crippen LogP contribution is 2.37. The third-order valence-corrected chi connectivity index (χ3v) is 6.51. The van der Waals surface area contributed by atoms with E-state index >= 15 is 0 Å². The van der Waals surface area contributed by atoms with Crippen LogP contribution in [0.25, 0.3) is 0 Å². The SMILES string of the molecule is O=C(NCc1cccc(F)c1)[C@H]1Cc2ccccc2N2CCN(c3ccccc3F)C[C@H]12. The Morgan fingerprint density at radius 2 is 1.72 bits per heavy atom. The summed E-state index contributed by atoms with van der Waals surface area (Å²) in [5.41, 5.74) is 3.60. The smallest absolute Gasteiger partial charge is 0.225 e. The Morgan fingerprint density at radius 3 is 2.53 bits per heavy atom. The number of nitrogens with one attached hydrogen (secondary N) is 1. The molecule has 6 heteroatoms. The van der Waals surface area contributed by atoms with E-state index in [2.05, 4.69) is 22.3 Å². The summed E-state index contributed by atoms with van der Waals surface area (Å²) in [5.74, 6) is -0.909. The summed E-state index contributed by atoms with van der Waals surface area (Å²) in [6.45, 7) is 2.24. The first-order valence-corrected chi connectivity index (χ1v) is 11.0. The van der Waals surface area contributed by atoms with Crippen LogP contribution in [0.1, 0.15) is 11.1 Å². The van der Waals surface area contributed by atoms with Crippen LogP contribution in [-0.2, 0) is 17.8 Å². The Morgan fingerprint density at radius 1 is 0.938 bits per heavy atom. The maximum atomic E-state index is 14.5. The van der Waals surface area contributed by atoms with E-state index in [1.165, 1.54) is 18.2 Å². The minimum Gasteiger partial charge on any atom is -0.365 e. The van der Waals surface area contributed by atoms with Gasteiger partial charge in [0.15, 0.2) is 0 Å². The predicted molar refractivity (Wildman–Crippen MR) is 122 cm³/mol. The molecule has 1 saturated heterocycles. The van der Waals surface area contributed by atoms with Crippen LogP contribution in [0.3, 0.4) is 0 Å². The Bertz CT molecular complexity index is 1140. The van der Waals surface area contributed by atoms with Crippen LogP contribution >= 0.6 is 0 Å². The van der Waals surface area contributed by atoms with Gasteiger partial charge in [-0.25, -0.2) is 8.78 Å². The van der Waals surface area contributed by atoms with Crippen molar-refractivity contribution in [1.29, 1.82) is 0 Å². The van der Waals surface area contributed by atoms with Gasteiger partial charge in [-0.1, -0.05) is 42.5 Å². The van der Waals surface area contributed by atoms with Crippen molar-refractivity contribution in [2.45, 2.75) is 19.0 Å². The minimum atomic E-state index is -0.317. The number of carbonyl (C=O) groups excluding carboxylic acids is 1. The van der Waals surface area contributed by atoms with E-state index in [4.69, 9.17) is 0 Å². The molecule has 2 atom stereocenters. The second-order valence-corrected chi connectivity index (χ2v) is 8.45. The predicted octanol–water partition coefficient (Wildman–Crippen LogP) is 4.15. The standard InChI is InChI=1S/C26H25F2N3O/c27-20-8-5-6-18(14-20)16-29-26(32)21-15-19-7-1-3-10-23(19)31-13-12-30(17-25(21)31)24-11-4-2-9-22(24)28/h1-11,14,21,25H,12-13,15-17H2,(H,29,32)/t21-,25+/m0/s1. The van der Waals surface area contributed by atoms with Crippen molar-refractivity contribution < 1.29 is 13.6 Å². The Kier molecular flexibility index (Phi) is 5.52. The summed E-state index contributed by atoms with van der Waals surface area (Å²) in [6.07, 6.45) is 0.622. The van der Waals surface area contributed by atoms with Gasteiger partial charge in [-0.3, -0.25) is 4.79 Å². The van der Waals surface area contributed by atoms with Crippen LogP contribution in [0.15, 0.2) is 72.8 Å². The lowest BCUT2D eigenvalue weighted by molar-refractivity contribution is -0.126. The first-order valence-electron chi connectivity index (χ1n) is 11.0. The summed E-state index contributed by atoms with van der Waals surface area (Å²) in [7, 11) is 0. The van der Waals surface area contributed by atoms with Crippen LogP contribution in [0.2, 0.25) is 0 Å². The Hall–Kier alpha value is -3.41. The fraction of sp³-hybridized carbons (Fsp3) is 0.269. The first kappa shape index (κ1) is 20.5. The molecule has 4 nitrogen and oxygen atoms in total. The largest absolute Gasteiger partial charge is 0.365 e. The molecule has 2 heterocycles. The Balaban J connectivity index is 1.40. The number of halogens is 2. The molecule has 1 fully saturated rings. The van der Waals surface area contributed by atoms with Gasteiger partial charge >= 0.3 is 0 Å². The zero-order chi connectivity index (χ0) is 22.1. The lowest BCUT2D eigenvalue weighted by Gasteiger charge is -2.49. The summed E-state index contributed by atoms with van der Waals surface area (Å²) in [6, 6.07) is 21.2. The number of rotatable bonds is 4. The number of fused-ring (bicyclic) bond motifs is 3. The van der Waals surface area contributed by atoms with E-state index in [1.54, 1.807) is 24.3 Å². The van der Waals surface area contributed by atoms with E-state index in [0.29, 0.717) is 31.7 Å². The van der Waals surface area contributed by atoms with Gasteiger partial charge in [0.25, 0.3) is 0 Å². The molecule has 0 saturated carbocycles. The number of para-hydroxylation sites is 2. The van der Waals surface area contributed by atoms with Gasteiger partial charge in [0.2, 0.25) is 5.91 Å². The van der Waals surface area contributed by atoms with Crippen molar-refractivity contribution in [3.05, 3.63) is 95.6 Å². The molecule has 164 valence electrons. The molecular weight excluding hydrogens is 408 g/mol. The van der Waals surface area contributed by atoms with Crippen molar-refractivity contribution in [1.82, 2.24) is 5.32 Å². The molecule has 0 radical (unpaired) electrons. The topological polar surface area (TPSA) is 35.6 Å². The normalized spacial score (nSPS) is 19.8. The van der Waals surface area contributed by atoms with Crippen molar-refractivity contribution >= 4 is 17.3 Å². The van der Waals surface area contributed by atoms with Gasteiger partial charge < -0.3 is 15.1 Å². The number of anilines is 2. The maximum absolute atomic E-state index is 14.5. The van der Waals surface area contributed by atoms with E-state index in [-0.39, 0.29) is 36.0 Å². The summed E-state index contributed by atoms with van der Waals surface area (Å²) in [5, 5.41) is 3.00. The van der Waals surface area contributed by atoms with Gasteiger partial charge in [-0.15, -0.1) is 0 Å². The molecule has 5 rings (SSSR count). The molecule has 0 bridgehead atoms. The lowest BCUT2D eigenvalue weighted by Crippen LogP contribution is -2.61. The summed E-state index contributed by atoms with van der Waals surface area (Å²) < 4.78 is 28.0. The van der Waals surface area contributed by atoms with E-state index in [9.17, 15) is 13.6 Å². The lowest BCUT2D eigenvalue weighted by atomic mass is 9.83. The summed E-state index contributed by atoms with van der Waals surface area (Å²) >= 11 is 0. The van der Waals surface area contributed by atoms with Crippen LogP contribution in [0.5, 0.6) is 0 Å². The number of benzene rings is 3. The molecular formula is C26H25F2N3O. The molecule has 3 aromatic rings. The fourth-order valence-electron chi connectivity index (χ4n) is 4.95. The quantitative estimate of drug-likeness (QED) is 0.672. The Labute approximate surface area is 186 Å². The van der Waals surface area contributed by atoms with Crippen LogP contribution < -0.4 is 15.1 Å². The maximum Gasteiger partial charge on any atom is 0.225 e. The number of carbonyl (C=O) groups is 1. The van der Waals surface area contributed by atoms with Crippen molar-refractivity contribution in [3.8, 4) is 0 Å². The van der Waals surface area contributed by atoms with Crippen molar-refractivity contribution in [2.75, 3.05) is 29.4 Å². The number of amides is 1. The van der Waals surface area contributed by atoms with Crippen LogP contribution in [0, 0.1) is 17.6 Å². The summed E-state index contributed by atoms with van der Waals surface area (Å²) in [4.78, 5) is 17.6. The fourth-order valence-corrected chi connectivity index (χ4v) is 4.95. The van der Waals surface area contributed by atoms with E-state index < -0.39 is 0 Å². The van der Waals surface area contributed by atoms with Crippen LogP contribution in [0.4, 0.5) is 20.2 Å². The highest BCUT2D eigenvalue weighted by atomic mass is 19.1. The van der Waals surface area contributed by atoms with Crippen LogP contribution in [-0.4, -0.2) is 31.6 Å². The molecule has 1 amide bonds. The van der Waals surface area contributed by atoms with Gasteiger partial charge in [0.1, 0.15) is 11.6 Å². The first-order chi connectivity index (χ1) is 15.6. The van der Waals surface area contributed by atoms with Gasteiger partial charge in [-0.05, 0) is 47.9 Å². The monoisotopic (exact) mass is 433 g/mol. The molecule has 2 aliphatic rings. The average Bonchev–Trinajstić information content (AvgIpc) is 2.82. The second-order valence-electron chi connectivity index (χ2n) is 8.45. The van der Waals surface area contributed by atoms with Crippen molar-refractivity contribution in [2.24, 2.45) is 5.92 Å². The second kappa shape index (κ2) is 8.61. The highest BCUT2D eigenvalue weighted by Gasteiger charge is 2.41. The molecule has 0 unspecified atom stereocenters.